The second-order valence-corrected chi connectivity index (χ2v) is 4.42. The molecule has 0 aromatic heterocycles. The van der Waals surface area contributed by atoms with E-state index in [0.717, 1.165) is 5.92 Å². The fourth-order valence-electron chi connectivity index (χ4n) is 2.61. The Hall–Kier alpha value is 0.272. The van der Waals surface area contributed by atoms with Crippen molar-refractivity contribution < 1.29 is 17.4 Å². The van der Waals surface area contributed by atoms with Crippen LogP contribution in [0.15, 0.2) is 11.1 Å². The Morgan fingerprint density at radius 2 is 2.00 bits per heavy atom. The van der Waals surface area contributed by atoms with Crippen molar-refractivity contribution in [1.82, 2.24) is 0 Å². The topological polar surface area (TPSA) is 0 Å². The van der Waals surface area contributed by atoms with Crippen LogP contribution in [-0.4, -0.2) is 0 Å². The predicted molar refractivity (Wildman–Crippen MR) is 43.8 cm³/mol. The normalized spacial score (nSPS) is 32.5. The van der Waals surface area contributed by atoms with Crippen LogP contribution in [0.25, 0.3) is 0 Å². The van der Waals surface area contributed by atoms with Gasteiger partial charge in [-0.3, -0.25) is 0 Å². The predicted octanol–water partition coefficient (Wildman–Crippen LogP) is 3.14. The fraction of sp³-hybridized carbons (Fsp3) is 0.800. The molecule has 0 aromatic rings. The van der Waals surface area contributed by atoms with Crippen molar-refractivity contribution in [2.24, 2.45) is 11.3 Å². The molecule has 0 nitrogen and oxygen atoms in total. The van der Waals surface area contributed by atoms with Crippen molar-refractivity contribution in [3.05, 3.63) is 11.1 Å². The van der Waals surface area contributed by atoms with E-state index in [9.17, 15) is 0 Å². The molecule has 1 heteroatoms. The molecule has 3 aliphatic carbocycles. The van der Waals surface area contributed by atoms with E-state index >= 15 is 0 Å². The first-order chi connectivity index (χ1) is 4.62. The molecule has 62 valence electrons. The number of hydrogen-bond donors (Lipinski definition) is 0. The van der Waals surface area contributed by atoms with Crippen LogP contribution in [0.1, 0.15) is 40.0 Å². The summed E-state index contributed by atoms with van der Waals surface area (Å²) in [6.45, 7) is 7.12. The van der Waals surface area contributed by atoms with Crippen molar-refractivity contribution in [2.75, 3.05) is 0 Å². The molecule has 1 saturated carbocycles. The van der Waals surface area contributed by atoms with Crippen molar-refractivity contribution in [3.8, 4) is 0 Å². The quantitative estimate of drug-likeness (QED) is 0.512. The van der Waals surface area contributed by atoms with Crippen molar-refractivity contribution in [3.63, 3.8) is 0 Å². The van der Waals surface area contributed by atoms with Gasteiger partial charge in [-0.1, -0.05) is 25.0 Å². The number of hydrogen-bond acceptors (Lipinski definition) is 0. The molecule has 0 spiro atoms. The third-order valence-corrected chi connectivity index (χ3v) is 3.63. The Morgan fingerprint density at radius 3 is 2.27 bits per heavy atom. The second kappa shape index (κ2) is 2.65. The Morgan fingerprint density at radius 1 is 1.36 bits per heavy atom. The van der Waals surface area contributed by atoms with E-state index in [0.29, 0.717) is 5.41 Å². The summed E-state index contributed by atoms with van der Waals surface area (Å²) in [7, 11) is 0. The molecule has 1 fully saturated rings. The minimum absolute atomic E-state index is 0. The first-order valence-corrected chi connectivity index (χ1v) is 4.31. The van der Waals surface area contributed by atoms with E-state index in [2.05, 4.69) is 20.8 Å². The molecule has 3 rings (SSSR count). The molecule has 0 radical (unpaired) electrons. The maximum absolute atomic E-state index is 2.40. The number of rotatable bonds is 0. The first-order valence-electron chi connectivity index (χ1n) is 4.31. The average molecular weight is 188 g/mol. The molecule has 11 heavy (non-hydrogen) atoms. The van der Waals surface area contributed by atoms with Gasteiger partial charge < -0.3 is 0 Å². The van der Waals surface area contributed by atoms with Gasteiger partial charge in [0.25, 0.3) is 0 Å². The Labute approximate surface area is 80.2 Å². The number of allylic oxidation sites excluding steroid dienone is 2. The molecule has 0 heterocycles. The summed E-state index contributed by atoms with van der Waals surface area (Å²) < 4.78 is 0. The minimum Gasteiger partial charge on any atom is -0.0735 e. The third-order valence-electron chi connectivity index (χ3n) is 3.63. The summed E-state index contributed by atoms with van der Waals surface area (Å²) in [5.74, 6) is 1.02. The zero-order valence-electron chi connectivity index (χ0n) is 7.61. The Bertz CT molecular complexity index is 201. The molecule has 0 saturated heterocycles. The van der Waals surface area contributed by atoms with Crippen LogP contribution >= 0.6 is 0 Å². The average Bonchev–Trinajstić information content (AvgIpc) is 1.87. The van der Waals surface area contributed by atoms with Crippen LogP contribution in [0.5, 0.6) is 0 Å². The van der Waals surface area contributed by atoms with Crippen LogP contribution < -0.4 is 0 Å². The van der Waals surface area contributed by atoms with Crippen LogP contribution in [0.4, 0.5) is 0 Å². The van der Waals surface area contributed by atoms with Crippen LogP contribution in [0, 0.1) is 11.3 Å². The summed E-state index contributed by atoms with van der Waals surface area (Å²) in [5, 5.41) is 0. The first kappa shape index (κ1) is 9.36. The smallest absolute Gasteiger partial charge is 0 e. The molecule has 2 bridgehead atoms. The van der Waals surface area contributed by atoms with Gasteiger partial charge in [0.15, 0.2) is 0 Å². The summed E-state index contributed by atoms with van der Waals surface area (Å²) in [4.78, 5) is 0. The van der Waals surface area contributed by atoms with Gasteiger partial charge in [-0.2, -0.15) is 0 Å². The molecule has 1 unspecified atom stereocenters. The van der Waals surface area contributed by atoms with E-state index in [1.165, 1.54) is 19.3 Å². The summed E-state index contributed by atoms with van der Waals surface area (Å²) >= 11 is 0. The molecule has 3 aliphatic rings. The van der Waals surface area contributed by atoms with Crippen LogP contribution in [0.3, 0.4) is 0 Å². The summed E-state index contributed by atoms with van der Waals surface area (Å²) in [5.41, 5.74) is 4.04. The molecule has 0 aromatic carbocycles. The largest absolute Gasteiger partial charge is 0.0735 e. The van der Waals surface area contributed by atoms with Crippen LogP contribution in [0.2, 0.25) is 0 Å². The summed E-state index contributed by atoms with van der Waals surface area (Å²) in [6.07, 6.45) is 4.24. The second-order valence-electron chi connectivity index (χ2n) is 4.42. The Kier molecular flexibility index (Phi) is 2.25. The van der Waals surface area contributed by atoms with E-state index in [1.807, 2.05) is 0 Å². The van der Waals surface area contributed by atoms with Gasteiger partial charge in [0.2, 0.25) is 0 Å². The molecular formula is C10H16Cr. The maximum atomic E-state index is 2.40. The molecule has 0 amide bonds. The van der Waals surface area contributed by atoms with E-state index in [-0.39, 0.29) is 17.4 Å². The zero-order valence-corrected chi connectivity index (χ0v) is 8.88. The van der Waals surface area contributed by atoms with Gasteiger partial charge in [0.1, 0.15) is 0 Å². The van der Waals surface area contributed by atoms with Gasteiger partial charge in [-0.15, -0.1) is 0 Å². The fourth-order valence-corrected chi connectivity index (χ4v) is 2.61. The van der Waals surface area contributed by atoms with Gasteiger partial charge in [0.05, 0.1) is 0 Å². The third kappa shape index (κ3) is 1.10. The minimum atomic E-state index is 0. The van der Waals surface area contributed by atoms with E-state index in [1.54, 1.807) is 11.1 Å². The van der Waals surface area contributed by atoms with E-state index < -0.39 is 0 Å². The molecule has 1 atom stereocenters. The summed E-state index contributed by atoms with van der Waals surface area (Å²) in [6, 6.07) is 0. The standard InChI is InChI=1S/C10H16.Cr/c1-7-4-5-8-6-9(7)10(8,2)3;/h8H,4-6H2,1-3H3;. The van der Waals surface area contributed by atoms with E-state index in [4.69, 9.17) is 0 Å². The molecular weight excluding hydrogens is 172 g/mol. The SMILES string of the molecule is CC1=C2CC(CC1)C2(C)C.[Cr]. The van der Waals surface area contributed by atoms with Crippen molar-refractivity contribution in [2.45, 2.75) is 40.0 Å². The maximum Gasteiger partial charge on any atom is 0 e. The monoisotopic (exact) mass is 188 g/mol. The number of fused-ring (bicyclic) bond motifs is 2. The van der Waals surface area contributed by atoms with Crippen LogP contribution in [-0.2, 0) is 17.4 Å². The van der Waals surface area contributed by atoms with Gasteiger partial charge in [-0.05, 0) is 37.5 Å². The zero-order chi connectivity index (χ0) is 7.35. The molecule has 0 aliphatic heterocycles. The molecule has 0 N–H and O–H groups in total. The van der Waals surface area contributed by atoms with Crippen molar-refractivity contribution >= 4 is 0 Å². The Balaban J connectivity index is 0.000000605. The van der Waals surface area contributed by atoms with Crippen molar-refractivity contribution in [1.29, 1.82) is 0 Å². The van der Waals surface area contributed by atoms with Gasteiger partial charge in [0, 0.05) is 17.4 Å². The van der Waals surface area contributed by atoms with Gasteiger partial charge in [-0.25, -0.2) is 0 Å². The van der Waals surface area contributed by atoms with Gasteiger partial charge >= 0.3 is 0 Å².